The fraction of sp³-hybridized carbons (Fsp3) is 0.368. The summed E-state index contributed by atoms with van der Waals surface area (Å²) >= 11 is 0. The molecule has 0 saturated carbocycles. The highest BCUT2D eigenvalue weighted by Crippen LogP contribution is 2.32. The van der Waals surface area contributed by atoms with E-state index < -0.39 is 0 Å². The molecule has 2 rings (SSSR count). The van der Waals surface area contributed by atoms with Gasteiger partial charge in [-0.2, -0.15) is 0 Å². The maximum absolute atomic E-state index is 5.44. The smallest absolute Gasteiger partial charge is 0.161 e. The highest BCUT2D eigenvalue weighted by molar-refractivity contribution is 5.48. The molecule has 0 aromatic heterocycles. The second-order valence-electron chi connectivity index (χ2n) is 5.31. The van der Waals surface area contributed by atoms with Gasteiger partial charge < -0.3 is 18.9 Å². The molecule has 0 atom stereocenters. The number of benzene rings is 2. The van der Waals surface area contributed by atoms with Crippen LogP contribution in [0.1, 0.15) is 16.7 Å². The minimum Gasteiger partial charge on any atom is -0.497 e. The monoisotopic (exact) mass is 316 g/mol. The summed E-state index contributed by atoms with van der Waals surface area (Å²) in [5, 5.41) is 0. The number of hydrogen-bond donors (Lipinski definition) is 0. The van der Waals surface area contributed by atoms with Crippen LogP contribution in [0.25, 0.3) is 0 Å². The lowest BCUT2D eigenvalue weighted by Gasteiger charge is -2.14. The van der Waals surface area contributed by atoms with Gasteiger partial charge in [0.15, 0.2) is 11.5 Å². The maximum Gasteiger partial charge on any atom is 0.161 e. The van der Waals surface area contributed by atoms with E-state index in [1.54, 1.807) is 28.4 Å². The maximum atomic E-state index is 5.44. The summed E-state index contributed by atoms with van der Waals surface area (Å²) in [5.41, 5.74) is 3.54. The predicted molar refractivity (Wildman–Crippen MR) is 91.2 cm³/mol. The molecule has 0 aliphatic heterocycles. The molecule has 0 heterocycles. The predicted octanol–water partition coefficient (Wildman–Crippen LogP) is 3.81. The zero-order valence-corrected chi connectivity index (χ0v) is 14.4. The lowest BCUT2D eigenvalue weighted by atomic mass is 9.99. The van der Waals surface area contributed by atoms with Crippen molar-refractivity contribution in [3.05, 3.63) is 47.0 Å². The molecule has 4 nitrogen and oxygen atoms in total. The number of methoxy groups -OCH3 is 4. The number of aryl methyl sites for hydroxylation is 3. The molecule has 0 fully saturated rings. The molecule has 23 heavy (non-hydrogen) atoms. The summed E-state index contributed by atoms with van der Waals surface area (Å²) in [6, 6.07) is 9.92. The van der Waals surface area contributed by atoms with Crippen molar-refractivity contribution in [3.63, 3.8) is 0 Å². The van der Waals surface area contributed by atoms with Crippen LogP contribution in [0.5, 0.6) is 23.0 Å². The van der Waals surface area contributed by atoms with Crippen molar-refractivity contribution in [2.45, 2.75) is 19.8 Å². The van der Waals surface area contributed by atoms with Crippen molar-refractivity contribution < 1.29 is 18.9 Å². The molecule has 0 radical (unpaired) electrons. The van der Waals surface area contributed by atoms with Gasteiger partial charge in [-0.1, -0.05) is 0 Å². The first kappa shape index (κ1) is 17.0. The molecule has 0 N–H and O–H groups in total. The van der Waals surface area contributed by atoms with Gasteiger partial charge >= 0.3 is 0 Å². The largest absolute Gasteiger partial charge is 0.497 e. The van der Waals surface area contributed by atoms with Crippen LogP contribution in [0.3, 0.4) is 0 Å². The Morgan fingerprint density at radius 3 is 1.87 bits per heavy atom. The molecule has 0 spiro atoms. The van der Waals surface area contributed by atoms with Gasteiger partial charge in [0.2, 0.25) is 0 Å². The number of ether oxygens (including phenoxy) is 4. The lowest BCUT2D eigenvalue weighted by molar-refractivity contribution is 0.354. The Balaban J connectivity index is 2.24. The first-order chi connectivity index (χ1) is 11.1. The fourth-order valence-corrected chi connectivity index (χ4v) is 2.64. The normalized spacial score (nSPS) is 10.3. The third-order valence-electron chi connectivity index (χ3n) is 3.99. The Bertz CT molecular complexity index is 665. The van der Waals surface area contributed by atoms with E-state index in [0.29, 0.717) is 0 Å². The van der Waals surface area contributed by atoms with E-state index in [1.165, 1.54) is 11.1 Å². The molecule has 2 aromatic rings. The Morgan fingerprint density at radius 1 is 0.652 bits per heavy atom. The van der Waals surface area contributed by atoms with Crippen LogP contribution in [0.4, 0.5) is 0 Å². The van der Waals surface area contributed by atoms with Crippen molar-refractivity contribution in [3.8, 4) is 23.0 Å². The van der Waals surface area contributed by atoms with E-state index >= 15 is 0 Å². The molecule has 124 valence electrons. The average Bonchev–Trinajstić information content (AvgIpc) is 2.59. The van der Waals surface area contributed by atoms with Crippen LogP contribution >= 0.6 is 0 Å². The fourth-order valence-electron chi connectivity index (χ4n) is 2.64. The molecule has 0 bridgehead atoms. The zero-order valence-electron chi connectivity index (χ0n) is 14.4. The van der Waals surface area contributed by atoms with E-state index in [2.05, 4.69) is 6.92 Å². The number of hydrogen-bond acceptors (Lipinski definition) is 4. The van der Waals surface area contributed by atoms with Crippen molar-refractivity contribution >= 4 is 0 Å². The molecule has 0 amide bonds. The van der Waals surface area contributed by atoms with E-state index in [-0.39, 0.29) is 0 Å². The first-order valence-corrected chi connectivity index (χ1v) is 7.55. The van der Waals surface area contributed by atoms with Gasteiger partial charge in [-0.25, -0.2) is 0 Å². The van der Waals surface area contributed by atoms with Crippen molar-refractivity contribution in [2.24, 2.45) is 0 Å². The van der Waals surface area contributed by atoms with Gasteiger partial charge in [-0.15, -0.1) is 0 Å². The summed E-state index contributed by atoms with van der Waals surface area (Å²) in [6.45, 7) is 2.08. The van der Waals surface area contributed by atoms with E-state index in [9.17, 15) is 0 Å². The van der Waals surface area contributed by atoms with Crippen molar-refractivity contribution in [1.82, 2.24) is 0 Å². The second kappa shape index (κ2) is 7.77. The standard InChI is InChI=1S/C19H24O4/c1-13-10-18(22-4)19(23-5)12-14(13)6-7-15-11-16(20-2)8-9-17(15)21-3/h8-12H,6-7H2,1-5H3. The summed E-state index contributed by atoms with van der Waals surface area (Å²) in [4.78, 5) is 0. The molecular formula is C19H24O4. The summed E-state index contributed by atoms with van der Waals surface area (Å²) in [5.74, 6) is 3.23. The van der Waals surface area contributed by atoms with Crippen LogP contribution in [0.15, 0.2) is 30.3 Å². The SMILES string of the molecule is COc1ccc(OC)c(CCc2cc(OC)c(OC)cc2C)c1. The van der Waals surface area contributed by atoms with E-state index in [4.69, 9.17) is 18.9 Å². The summed E-state index contributed by atoms with van der Waals surface area (Å²) < 4.78 is 21.5. The van der Waals surface area contributed by atoms with Crippen molar-refractivity contribution in [1.29, 1.82) is 0 Å². The van der Waals surface area contributed by atoms with Gasteiger partial charge in [0.1, 0.15) is 11.5 Å². The zero-order chi connectivity index (χ0) is 16.8. The van der Waals surface area contributed by atoms with Gasteiger partial charge in [-0.05, 0) is 66.8 Å². The molecule has 0 unspecified atom stereocenters. The van der Waals surface area contributed by atoms with Gasteiger partial charge in [0, 0.05) is 0 Å². The number of rotatable bonds is 7. The third-order valence-corrected chi connectivity index (χ3v) is 3.99. The molecule has 4 heteroatoms. The second-order valence-corrected chi connectivity index (χ2v) is 5.31. The molecule has 0 saturated heterocycles. The Hall–Kier alpha value is -2.36. The Kier molecular flexibility index (Phi) is 5.74. The first-order valence-electron chi connectivity index (χ1n) is 7.55. The Morgan fingerprint density at radius 2 is 1.26 bits per heavy atom. The minimum atomic E-state index is 0.755. The van der Waals surface area contributed by atoms with Crippen molar-refractivity contribution in [2.75, 3.05) is 28.4 Å². The lowest BCUT2D eigenvalue weighted by Crippen LogP contribution is -2.00. The summed E-state index contributed by atoms with van der Waals surface area (Å²) in [6.07, 6.45) is 1.74. The van der Waals surface area contributed by atoms with E-state index in [0.717, 1.165) is 41.4 Å². The van der Waals surface area contributed by atoms with Gasteiger partial charge in [-0.3, -0.25) is 0 Å². The van der Waals surface area contributed by atoms with Gasteiger partial charge in [0.05, 0.1) is 28.4 Å². The van der Waals surface area contributed by atoms with Gasteiger partial charge in [0.25, 0.3) is 0 Å². The highest BCUT2D eigenvalue weighted by atomic mass is 16.5. The van der Waals surface area contributed by atoms with Crippen LogP contribution in [0.2, 0.25) is 0 Å². The Labute approximate surface area is 137 Å². The molecule has 2 aromatic carbocycles. The topological polar surface area (TPSA) is 36.9 Å². The van der Waals surface area contributed by atoms with Crippen LogP contribution in [-0.2, 0) is 12.8 Å². The summed E-state index contributed by atoms with van der Waals surface area (Å²) in [7, 11) is 6.66. The highest BCUT2D eigenvalue weighted by Gasteiger charge is 2.11. The average molecular weight is 316 g/mol. The quantitative estimate of drug-likeness (QED) is 0.778. The van der Waals surface area contributed by atoms with Crippen LogP contribution in [-0.4, -0.2) is 28.4 Å². The van der Waals surface area contributed by atoms with E-state index in [1.807, 2.05) is 30.3 Å². The molecule has 0 aliphatic rings. The van der Waals surface area contributed by atoms with Crippen LogP contribution in [0, 0.1) is 6.92 Å². The van der Waals surface area contributed by atoms with Crippen LogP contribution < -0.4 is 18.9 Å². The molecule has 0 aliphatic carbocycles. The minimum absolute atomic E-state index is 0.755. The molecular weight excluding hydrogens is 292 g/mol. The third kappa shape index (κ3) is 3.89.